The van der Waals surface area contributed by atoms with E-state index in [0.29, 0.717) is 0 Å². The second-order valence-electron chi connectivity index (χ2n) is 4.27. The van der Waals surface area contributed by atoms with Crippen molar-refractivity contribution in [2.75, 3.05) is 13.7 Å². The fraction of sp³-hybridized carbons (Fsp3) is 0.364. The Kier molecular flexibility index (Phi) is 5.88. The molecule has 0 heterocycles. The summed E-state index contributed by atoms with van der Waals surface area (Å²) in [5, 5.41) is 30.8. The quantitative estimate of drug-likeness (QED) is 0.384. The van der Waals surface area contributed by atoms with Crippen molar-refractivity contribution in [3.8, 4) is 0 Å². The topological polar surface area (TPSA) is 165 Å². The van der Waals surface area contributed by atoms with E-state index in [1.54, 1.807) is 0 Å². The number of methoxy groups -OCH3 is 1. The van der Waals surface area contributed by atoms with E-state index < -0.39 is 44.8 Å². The molecule has 12 nitrogen and oxygen atoms in total. The van der Waals surface area contributed by atoms with Crippen LogP contribution >= 0.6 is 0 Å². The molecule has 0 N–H and O–H groups in total. The summed E-state index contributed by atoms with van der Waals surface area (Å²) in [6, 6.07) is 2.89. The van der Waals surface area contributed by atoms with E-state index in [4.69, 9.17) is 0 Å². The number of esters is 1. The Hall–Kier alpha value is -3.31. The van der Waals surface area contributed by atoms with E-state index in [1.165, 1.54) is 0 Å². The molecule has 1 atom stereocenters. The maximum absolute atomic E-state index is 11.6. The smallest absolute Gasteiger partial charge is 0.310 e. The van der Waals surface area contributed by atoms with E-state index in [9.17, 15) is 35.1 Å². The van der Waals surface area contributed by atoms with E-state index >= 15 is 0 Å². The van der Waals surface area contributed by atoms with Gasteiger partial charge in [-0.05, 0) is 12.5 Å². The molecule has 0 aliphatic rings. The van der Waals surface area contributed by atoms with Crippen molar-refractivity contribution in [1.29, 1.82) is 0 Å². The zero-order valence-corrected chi connectivity index (χ0v) is 11.7. The van der Waals surface area contributed by atoms with Gasteiger partial charge in [0.15, 0.2) is 0 Å². The van der Waals surface area contributed by atoms with Gasteiger partial charge in [0, 0.05) is 11.6 Å². The number of nitrogens with zero attached hydrogens (tertiary/aromatic N) is 3. The van der Waals surface area contributed by atoms with Crippen LogP contribution in [0.2, 0.25) is 0 Å². The van der Waals surface area contributed by atoms with Gasteiger partial charge in [-0.25, -0.2) is 0 Å². The number of ether oxygens (including phenoxy) is 1. The molecular formula is C11H11N3O9. The van der Waals surface area contributed by atoms with Gasteiger partial charge in [-0.1, -0.05) is 0 Å². The predicted octanol–water partition coefficient (Wildman–Crippen LogP) is 1.04. The summed E-state index contributed by atoms with van der Waals surface area (Å²) in [5.41, 5.74) is -1.08. The molecule has 0 radical (unpaired) electrons. The molecule has 0 fully saturated rings. The second-order valence-corrected chi connectivity index (χ2v) is 4.27. The molecule has 12 heteroatoms. The van der Waals surface area contributed by atoms with Gasteiger partial charge in [0.05, 0.1) is 28.9 Å². The van der Waals surface area contributed by atoms with Crippen LogP contribution in [0.15, 0.2) is 18.2 Å². The lowest BCUT2D eigenvalue weighted by molar-refractivity contribution is -0.758. The van der Waals surface area contributed by atoms with Crippen molar-refractivity contribution in [3.05, 3.63) is 54.1 Å². The summed E-state index contributed by atoms with van der Waals surface area (Å²) in [7, 11) is 1.05. The molecule has 0 bridgehead atoms. The van der Waals surface area contributed by atoms with Crippen molar-refractivity contribution in [2.45, 2.75) is 6.42 Å². The third kappa shape index (κ3) is 4.87. The molecule has 0 spiro atoms. The van der Waals surface area contributed by atoms with Crippen LogP contribution < -0.4 is 0 Å². The normalized spacial score (nSPS) is 11.3. The number of hydrogen-bond donors (Lipinski definition) is 0. The standard InChI is InChI=1S/C11H11N3O9/c1-22-11(15)8(6-23-14(20)21)4-7-2-3-9(12(16)17)5-10(7)13(18)19/h2-3,5,8H,4,6H2,1H3. The minimum absolute atomic E-state index is 0.0112. The summed E-state index contributed by atoms with van der Waals surface area (Å²) >= 11 is 0. The molecule has 0 aliphatic heterocycles. The minimum Gasteiger partial charge on any atom is -0.469 e. The molecule has 1 aromatic rings. The highest BCUT2D eigenvalue weighted by Gasteiger charge is 2.27. The van der Waals surface area contributed by atoms with E-state index in [0.717, 1.165) is 25.3 Å². The molecule has 0 saturated carbocycles. The van der Waals surface area contributed by atoms with Gasteiger partial charge in [0.2, 0.25) is 0 Å². The van der Waals surface area contributed by atoms with Crippen LogP contribution in [0.3, 0.4) is 0 Å². The zero-order valence-electron chi connectivity index (χ0n) is 11.7. The molecule has 1 aromatic carbocycles. The molecule has 0 aromatic heterocycles. The van der Waals surface area contributed by atoms with Gasteiger partial charge < -0.3 is 9.57 Å². The number of non-ortho nitro benzene ring substituents is 1. The van der Waals surface area contributed by atoms with Crippen LogP contribution in [0.5, 0.6) is 0 Å². The number of hydrogen-bond acceptors (Lipinski definition) is 9. The Bertz CT molecular complexity index is 646. The Labute approximate surface area is 128 Å². The fourth-order valence-electron chi connectivity index (χ4n) is 1.80. The van der Waals surface area contributed by atoms with Crippen LogP contribution in [0, 0.1) is 36.3 Å². The molecule has 23 heavy (non-hydrogen) atoms. The van der Waals surface area contributed by atoms with Crippen molar-refractivity contribution in [3.63, 3.8) is 0 Å². The highest BCUT2D eigenvalue weighted by Crippen LogP contribution is 2.27. The number of benzene rings is 1. The fourth-order valence-corrected chi connectivity index (χ4v) is 1.80. The first kappa shape index (κ1) is 17.7. The lowest BCUT2D eigenvalue weighted by Gasteiger charge is -2.13. The molecule has 0 amide bonds. The Balaban J connectivity index is 3.11. The van der Waals surface area contributed by atoms with Crippen molar-refractivity contribution in [1.82, 2.24) is 0 Å². The average Bonchev–Trinajstić information content (AvgIpc) is 2.50. The van der Waals surface area contributed by atoms with E-state index in [1.807, 2.05) is 0 Å². The predicted molar refractivity (Wildman–Crippen MR) is 71.9 cm³/mol. The first-order chi connectivity index (χ1) is 10.8. The summed E-state index contributed by atoms with van der Waals surface area (Å²) in [6.45, 7) is -0.659. The van der Waals surface area contributed by atoms with Gasteiger partial charge in [0.1, 0.15) is 6.61 Å². The summed E-state index contributed by atoms with van der Waals surface area (Å²) in [5.74, 6) is -2.04. The third-order valence-electron chi connectivity index (χ3n) is 2.86. The van der Waals surface area contributed by atoms with Crippen molar-refractivity contribution >= 4 is 17.3 Å². The van der Waals surface area contributed by atoms with Crippen LogP contribution in [0.1, 0.15) is 5.56 Å². The molecular weight excluding hydrogens is 318 g/mol. The highest BCUT2D eigenvalue weighted by atomic mass is 16.9. The average molecular weight is 329 g/mol. The largest absolute Gasteiger partial charge is 0.469 e. The lowest BCUT2D eigenvalue weighted by atomic mass is 9.98. The van der Waals surface area contributed by atoms with E-state index in [-0.39, 0.29) is 12.0 Å². The van der Waals surface area contributed by atoms with E-state index in [2.05, 4.69) is 9.57 Å². The van der Waals surface area contributed by atoms with Gasteiger partial charge in [-0.2, -0.15) is 0 Å². The maximum atomic E-state index is 11.6. The van der Waals surface area contributed by atoms with Crippen LogP contribution in [-0.4, -0.2) is 34.6 Å². The second kappa shape index (κ2) is 7.63. The van der Waals surface area contributed by atoms with Gasteiger partial charge in [-0.3, -0.25) is 25.0 Å². The maximum Gasteiger partial charge on any atom is 0.310 e. The van der Waals surface area contributed by atoms with Crippen LogP contribution in [0.4, 0.5) is 11.4 Å². The first-order valence-electron chi connectivity index (χ1n) is 6.03. The highest BCUT2D eigenvalue weighted by molar-refractivity contribution is 5.73. The number of carbonyl (C=O) groups excluding carboxylic acids is 1. The Morgan fingerprint density at radius 3 is 2.30 bits per heavy atom. The summed E-state index contributed by atoms with van der Waals surface area (Å²) in [4.78, 5) is 45.9. The number of nitro benzene ring substituents is 2. The van der Waals surface area contributed by atoms with Crippen molar-refractivity contribution in [2.24, 2.45) is 5.92 Å². The molecule has 0 saturated heterocycles. The molecule has 1 unspecified atom stereocenters. The Morgan fingerprint density at radius 1 is 1.17 bits per heavy atom. The summed E-state index contributed by atoms with van der Waals surface area (Å²) < 4.78 is 4.46. The minimum atomic E-state index is -1.18. The molecule has 1 rings (SSSR count). The SMILES string of the molecule is COC(=O)C(CO[N+](=O)[O-])Cc1ccc([N+](=O)[O-])cc1[N+](=O)[O-]. The number of nitro groups is 2. The molecule has 0 aliphatic carbocycles. The number of carbonyl (C=O) groups is 1. The van der Waals surface area contributed by atoms with Crippen LogP contribution in [-0.2, 0) is 20.8 Å². The van der Waals surface area contributed by atoms with Gasteiger partial charge in [0.25, 0.3) is 16.5 Å². The molecule has 124 valence electrons. The summed E-state index contributed by atoms with van der Waals surface area (Å²) in [6.07, 6.45) is -0.311. The lowest BCUT2D eigenvalue weighted by Crippen LogP contribution is -2.25. The van der Waals surface area contributed by atoms with Crippen LogP contribution in [0.25, 0.3) is 0 Å². The van der Waals surface area contributed by atoms with Gasteiger partial charge in [-0.15, -0.1) is 10.1 Å². The Morgan fingerprint density at radius 2 is 1.83 bits per heavy atom. The zero-order chi connectivity index (χ0) is 17.6. The van der Waals surface area contributed by atoms with Gasteiger partial charge >= 0.3 is 5.97 Å². The first-order valence-corrected chi connectivity index (χ1v) is 6.03. The third-order valence-corrected chi connectivity index (χ3v) is 2.86. The monoisotopic (exact) mass is 329 g/mol. The van der Waals surface area contributed by atoms with Crippen molar-refractivity contribution < 1.29 is 29.3 Å². The number of rotatable bonds is 8.